The average Bonchev–Trinajstić information content (AvgIpc) is 2.71. The van der Waals surface area contributed by atoms with Gasteiger partial charge in [0.1, 0.15) is 6.61 Å². The zero-order valence-corrected chi connectivity index (χ0v) is 9.23. The average molecular weight is 219 g/mol. The van der Waals surface area contributed by atoms with E-state index >= 15 is 0 Å². The summed E-state index contributed by atoms with van der Waals surface area (Å²) in [5, 5.41) is 8.79. The van der Waals surface area contributed by atoms with Crippen LogP contribution in [0.3, 0.4) is 0 Å². The van der Waals surface area contributed by atoms with Crippen LogP contribution < -0.4 is 0 Å². The third-order valence-corrected chi connectivity index (χ3v) is 2.69. The topological polar surface area (TPSA) is 58.9 Å². The van der Waals surface area contributed by atoms with Gasteiger partial charge in [-0.25, -0.2) is 9.79 Å². The van der Waals surface area contributed by atoms with Gasteiger partial charge in [0.25, 0.3) is 0 Å². The lowest BCUT2D eigenvalue weighted by molar-refractivity contribution is -0.138. The standard InChI is InChI=1S/C12H13NO3/c1-7-3-4-9(5-8(7)2)11-13-10(6-16-11)12(14)15/h3-5,10H,6H2,1-2H3,(H,14,15). The molecule has 0 radical (unpaired) electrons. The van der Waals surface area contributed by atoms with Crippen molar-refractivity contribution >= 4 is 11.9 Å². The van der Waals surface area contributed by atoms with Crippen LogP contribution in [0.15, 0.2) is 23.2 Å². The van der Waals surface area contributed by atoms with Crippen molar-refractivity contribution in [1.82, 2.24) is 0 Å². The van der Waals surface area contributed by atoms with Gasteiger partial charge >= 0.3 is 5.97 Å². The van der Waals surface area contributed by atoms with Crippen LogP contribution in [0.25, 0.3) is 0 Å². The highest BCUT2D eigenvalue weighted by Gasteiger charge is 2.25. The smallest absolute Gasteiger partial charge is 0.332 e. The highest BCUT2D eigenvalue weighted by Crippen LogP contribution is 2.15. The molecule has 1 aromatic carbocycles. The number of aryl methyl sites for hydroxylation is 2. The van der Waals surface area contributed by atoms with Crippen molar-refractivity contribution in [2.75, 3.05) is 6.61 Å². The number of benzene rings is 1. The van der Waals surface area contributed by atoms with Crippen LogP contribution in [0, 0.1) is 13.8 Å². The lowest BCUT2D eigenvalue weighted by Crippen LogP contribution is -2.18. The Morgan fingerprint density at radius 3 is 2.75 bits per heavy atom. The Balaban J connectivity index is 2.29. The molecule has 4 heteroatoms. The molecule has 1 atom stereocenters. The van der Waals surface area contributed by atoms with E-state index in [-0.39, 0.29) is 6.61 Å². The molecule has 1 unspecified atom stereocenters. The molecule has 1 aliphatic heterocycles. The maximum absolute atomic E-state index is 10.7. The van der Waals surface area contributed by atoms with Crippen LogP contribution in [-0.4, -0.2) is 29.6 Å². The van der Waals surface area contributed by atoms with Gasteiger partial charge in [-0.2, -0.15) is 0 Å². The number of hydrogen-bond acceptors (Lipinski definition) is 3. The van der Waals surface area contributed by atoms with E-state index in [0.717, 1.165) is 11.1 Å². The molecular formula is C12H13NO3. The Bertz CT molecular complexity index is 465. The second-order valence-corrected chi connectivity index (χ2v) is 3.90. The first kappa shape index (κ1) is 10.7. The molecule has 1 aliphatic rings. The van der Waals surface area contributed by atoms with Gasteiger partial charge in [0.15, 0.2) is 6.04 Å². The number of carboxylic acids is 1. The van der Waals surface area contributed by atoms with Crippen molar-refractivity contribution in [1.29, 1.82) is 0 Å². The van der Waals surface area contributed by atoms with Crippen LogP contribution in [0.1, 0.15) is 16.7 Å². The summed E-state index contributed by atoms with van der Waals surface area (Å²) in [6.07, 6.45) is 0. The summed E-state index contributed by atoms with van der Waals surface area (Å²) in [5.41, 5.74) is 3.17. The summed E-state index contributed by atoms with van der Waals surface area (Å²) >= 11 is 0. The van der Waals surface area contributed by atoms with Crippen molar-refractivity contribution in [2.24, 2.45) is 4.99 Å². The minimum atomic E-state index is -0.946. The van der Waals surface area contributed by atoms with Crippen LogP contribution in [-0.2, 0) is 9.53 Å². The second-order valence-electron chi connectivity index (χ2n) is 3.90. The molecule has 1 aromatic rings. The summed E-state index contributed by atoms with van der Waals surface area (Å²) in [6, 6.07) is 5.06. The van der Waals surface area contributed by atoms with Crippen molar-refractivity contribution in [2.45, 2.75) is 19.9 Å². The minimum absolute atomic E-state index is 0.123. The molecule has 1 heterocycles. The Kier molecular flexibility index (Phi) is 2.64. The summed E-state index contributed by atoms with van der Waals surface area (Å²) < 4.78 is 5.28. The van der Waals surface area contributed by atoms with Gasteiger partial charge in [-0.1, -0.05) is 6.07 Å². The van der Waals surface area contributed by atoms with Crippen molar-refractivity contribution in [3.05, 3.63) is 34.9 Å². The predicted molar refractivity (Wildman–Crippen MR) is 59.8 cm³/mol. The van der Waals surface area contributed by atoms with Gasteiger partial charge in [0.05, 0.1) is 0 Å². The van der Waals surface area contributed by atoms with Crippen molar-refractivity contribution < 1.29 is 14.6 Å². The summed E-state index contributed by atoms with van der Waals surface area (Å²) in [6.45, 7) is 4.15. The Morgan fingerprint density at radius 1 is 1.44 bits per heavy atom. The van der Waals surface area contributed by atoms with E-state index in [1.807, 2.05) is 32.0 Å². The largest absolute Gasteiger partial charge is 0.480 e. The quantitative estimate of drug-likeness (QED) is 0.820. The molecule has 0 spiro atoms. The Morgan fingerprint density at radius 2 is 2.19 bits per heavy atom. The summed E-state index contributed by atoms with van der Waals surface area (Å²) in [4.78, 5) is 14.7. The number of hydrogen-bond donors (Lipinski definition) is 1. The summed E-state index contributed by atoms with van der Waals surface area (Å²) in [7, 11) is 0. The molecule has 0 aliphatic carbocycles. The molecule has 0 saturated carbocycles. The highest BCUT2D eigenvalue weighted by molar-refractivity contribution is 5.97. The number of carboxylic acid groups (broad SMARTS) is 1. The van der Waals surface area contributed by atoms with Crippen molar-refractivity contribution in [3.63, 3.8) is 0 Å². The number of ether oxygens (including phenoxy) is 1. The first-order valence-corrected chi connectivity index (χ1v) is 5.09. The highest BCUT2D eigenvalue weighted by atomic mass is 16.5. The first-order valence-electron chi connectivity index (χ1n) is 5.09. The number of carbonyl (C=O) groups is 1. The Hall–Kier alpha value is -1.84. The maximum atomic E-state index is 10.7. The molecule has 0 bridgehead atoms. The molecule has 84 valence electrons. The fourth-order valence-corrected chi connectivity index (χ4v) is 1.53. The van der Waals surface area contributed by atoms with E-state index in [0.29, 0.717) is 5.90 Å². The fraction of sp³-hybridized carbons (Fsp3) is 0.333. The van der Waals surface area contributed by atoms with E-state index in [4.69, 9.17) is 9.84 Å². The van der Waals surface area contributed by atoms with E-state index in [9.17, 15) is 4.79 Å². The van der Waals surface area contributed by atoms with E-state index in [1.54, 1.807) is 0 Å². The molecule has 16 heavy (non-hydrogen) atoms. The second kappa shape index (κ2) is 3.96. The zero-order valence-electron chi connectivity index (χ0n) is 9.23. The van der Waals surface area contributed by atoms with Gasteiger partial charge in [-0.05, 0) is 37.1 Å². The van der Waals surface area contributed by atoms with Gasteiger partial charge < -0.3 is 9.84 Å². The Labute approximate surface area is 93.6 Å². The lowest BCUT2D eigenvalue weighted by Gasteiger charge is -2.04. The number of rotatable bonds is 2. The van der Waals surface area contributed by atoms with Crippen LogP contribution >= 0.6 is 0 Å². The van der Waals surface area contributed by atoms with Crippen LogP contribution in [0.2, 0.25) is 0 Å². The lowest BCUT2D eigenvalue weighted by atomic mass is 10.1. The normalized spacial score (nSPS) is 19.1. The maximum Gasteiger partial charge on any atom is 0.332 e. The van der Waals surface area contributed by atoms with Gasteiger partial charge in [0, 0.05) is 5.56 Å². The van der Waals surface area contributed by atoms with Crippen LogP contribution in [0.5, 0.6) is 0 Å². The molecular weight excluding hydrogens is 206 g/mol. The van der Waals surface area contributed by atoms with E-state index < -0.39 is 12.0 Å². The first-order chi connectivity index (χ1) is 7.58. The molecule has 0 amide bonds. The van der Waals surface area contributed by atoms with Gasteiger partial charge in [0.2, 0.25) is 5.90 Å². The van der Waals surface area contributed by atoms with Gasteiger partial charge in [-0.15, -0.1) is 0 Å². The van der Waals surface area contributed by atoms with Gasteiger partial charge in [-0.3, -0.25) is 0 Å². The summed E-state index contributed by atoms with van der Waals surface area (Å²) in [5.74, 6) is -0.519. The minimum Gasteiger partial charge on any atom is -0.480 e. The molecule has 2 rings (SSSR count). The van der Waals surface area contributed by atoms with E-state index in [2.05, 4.69) is 4.99 Å². The van der Waals surface area contributed by atoms with E-state index in [1.165, 1.54) is 5.56 Å². The molecule has 1 N–H and O–H groups in total. The molecule has 0 fully saturated rings. The number of nitrogens with zero attached hydrogens (tertiary/aromatic N) is 1. The molecule has 0 saturated heterocycles. The van der Waals surface area contributed by atoms with Crippen LogP contribution in [0.4, 0.5) is 0 Å². The zero-order chi connectivity index (χ0) is 11.7. The number of aliphatic imine (C=N–C) groups is 1. The van der Waals surface area contributed by atoms with Crippen molar-refractivity contribution in [3.8, 4) is 0 Å². The molecule has 0 aromatic heterocycles. The monoisotopic (exact) mass is 219 g/mol. The predicted octanol–water partition coefficient (Wildman–Crippen LogP) is 1.53. The SMILES string of the molecule is Cc1ccc(C2=NC(C(=O)O)CO2)cc1C. The number of aliphatic carboxylic acids is 1. The fourth-order valence-electron chi connectivity index (χ4n) is 1.53. The molecule has 4 nitrogen and oxygen atoms in total. The third kappa shape index (κ3) is 1.91. The third-order valence-electron chi connectivity index (χ3n) is 2.69.